The summed E-state index contributed by atoms with van der Waals surface area (Å²) in [7, 11) is 1.29. The third-order valence-corrected chi connectivity index (χ3v) is 2.38. The first-order valence-electron chi connectivity index (χ1n) is 6.17. The van der Waals surface area contributed by atoms with Crippen molar-refractivity contribution in [2.45, 2.75) is 0 Å². The van der Waals surface area contributed by atoms with E-state index in [9.17, 15) is 18.8 Å². The fraction of sp³-hybridized carbons (Fsp3) is 0.214. The standard InChI is InChI=1S/C14H15FN2O5/c1-3-6-16-14(20)17-12(18)8-22-13(19)9-4-5-11(21-2)10(15)7-9/h3-5,7H,1,6,8H2,2H3,(H2,16,17,18,20). The molecule has 0 aliphatic rings. The number of benzene rings is 1. The smallest absolute Gasteiger partial charge is 0.338 e. The zero-order valence-electron chi connectivity index (χ0n) is 11.8. The molecule has 0 radical (unpaired) electrons. The molecule has 0 aromatic heterocycles. The first-order chi connectivity index (χ1) is 10.5. The Morgan fingerprint density at radius 1 is 1.36 bits per heavy atom. The lowest BCUT2D eigenvalue weighted by molar-refractivity contribution is -0.123. The van der Waals surface area contributed by atoms with Crippen LogP contribution in [0.5, 0.6) is 5.75 Å². The molecular weight excluding hydrogens is 295 g/mol. The Labute approximate surface area is 126 Å². The number of nitrogens with one attached hydrogen (secondary N) is 2. The number of urea groups is 1. The molecule has 0 spiro atoms. The third kappa shape index (κ3) is 5.23. The minimum absolute atomic E-state index is 0.0202. The number of imide groups is 1. The van der Waals surface area contributed by atoms with E-state index in [2.05, 4.69) is 16.6 Å². The molecule has 1 rings (SSSR count). The number of hydrogen-bond donors (Lipinski definition) is 2. The maximum Gasteiger partial charge on any atom is 0.338 e. The molecule has 0 aliphatic heterocycles. The molecule has 1 aromatic rings. The average molecular weight is 310 g/mol. The van der Waals surface area contributed by atoms with Gasteiger partial charge in [-0.3, -0.25) is 10.1 Å². The topological polar surface area (TPSA) is 93.7 Å². The fourth-order valence-electron chi connectivity index (χ4n) is 1.38. The van der Waals surface area contributed by atoms with Gasteiger partial charge in [-0.15, -0.1) is 6.58 Å². The second kappa shape index (κ2) is 8.40. The number of rotatable bonds is 6. The third-order valence-electron chi connectivity index (χ3n) is 2.38. The molecule has 3 amide bonds. The van der Waals surface area contributed by atoms with E-state index >= 15 is 0 Å². The normalized spacial score (nSPS) is 9.55. The lowest BCUT2D eigenvalue weighted by Gasteiger charge is -2.07. The summed E-state index contributed by atoms with van der Waals surface area (Å²) in [4.78, 5) is 34.1. The number of carbonyl (C=O) groups is 3. The maximum absolute atomic E-state index is 13.4. The van der Waals surface area contributed by atoms with Crippen molar-refractivity contribution in [2.24, 2.45) is 0 Å². The summed E-state index contributed by atoms with van der Waals surface area (Å²) in [6.45, 7) is 2.90. The molecule has 7 nitrogen and oxygen atoms in total. The highest BCUT2D eigenvalue weighted by atomic mass is 19.1. The molecular formula is C14H15FN2O5. The van der Waals surface area contributed by atoms with Gasteiger partial charge in [-0.25, -0.2) is 14.0 Å². The number of ether oxygens (including phenoxy) is 2. The second-order valence-corrected chi connectivity index (χ2v) is 3.97. The zero-order chi connectivity index (χ0) is 16.5. The predicted octanol–water partition coefficient (Wildman–Crippen LogP) is 1.00. The quantitative estimate of drug-likeness (QED) is 0.604. The van der Waals surface area contributed by atoms with Crippen molar-refractivity contribution in [1.82, 2.24) is 10.6 Å². The van der Waals surface area contributed by atoms with Gasteiger partial charge in [-0.2, -0.15) is 0 Å². The van der Waals surface area contributed by atoms with Crippen LogP contribution < -0.4 is 15.4 Å². The summed E-state index contributed by atoms with van der Waals surface area (Å²) in [5.74, 6) is -2.47. The largest absolute Gasteiger partial charge is 0.494 e. The van der Waals surface area contributed by atoms with Gasteiger partial charge < -0.3 is 14.8 Å². The molecule has 0 heterocycles. The molecule has 0 aliphatic carbocycles. The molecule has 0 unspecified atom stereocenters. The first kappa shape index (κ1) is 17.2. The van der Waals surface area contributed by atoms with Crippen LogP contribution in [0.2, 0.25) is 0 Å². The number of methoxy groups -OCH3 is 1. The molecule has 0 saturated carbocycles. The van der Waals surface area contributed by atoms with Crippen LogP contribution in [0.3, 0.4) is 0 Å². The van der Waals surface area contributed by atoms with Gasteiger partial charge in [0, 0.05) is 6.54 Å². The van der Waals surface area contributed by atoms with E-state index in [1.54, 1.807) is 0 Å². The number of carbonyl (C=O) groups excluding carboxylic acids is 3. The van der Waals surface area contributed by atoms with E-state index in [1.165, 1.54) is 25.3 Å². The van der Waals surface area contributed by atoms with Gasteiger partial charge >= 0.3 is 12.0 Å². The van der Waals surface area contributed by atoms with Crippen LogP contribution in [0.25, 0.3) is 0 Å². The number of esters is 1. The Morgan fingerprint density at radius 3 is 2.68 bits per heavy atom. The molecule has 118 valence electrons. The van der Waals surface area contributed by atoms with E-state index in [4.69, 9.17) is 4.74 Å². The maximum atomic E-state index is 13.4. The predicted molar refractivity (Wildman–Crippen MR) is 75.0 cm³/mol. The minimum atomic E-state index is -0.900. The van der Waals surface area contributed by atoms with E-state index in [1.807, 2.05) is 5.32 Å². The first-order valence-corrected chi connectivity index (χ1v) is 6.17. The van der Waals surface area contributed by atoms with Crippen molar-refractivity contribution in [1.29, 1.82) is 0 Å². The van der Waals surface area contributed by atoms with Crippen LogP contribution in [0.15, 0.2) is 30.9 Å². The van der Waals surface area contributed by atoms with Crippen LogP contribution >= 0.6 is 0 Å². The Bertz CT molecular complexity index is 589. The summed E-state index contributed by atoms with van der Waals surface area (Å²) in [6.07, 6.45) is 1.43. The van der Waals surface area contributed by atoms with E-state index in [0.29, 0.717) is 0 Å². The fourth-order valence-corrected chi connectivity index (χ4v) is 1.38. The Kier molecular flexibility index (Phi) is 6.55. The molecule has 0 bridgehead atoms. The van der Waals surface area contributed by atoms with Gasteiger partial charge in [0.25, 0.3) is 5.91 Å². The van der Waals surface area contributed by atoms with Gasteiger partial charge in [0.15, 0.2) is 18.2 Å². The van der Waals surface area contributed by atoms with Crippen LogP contribution in [0.4, 0.5) is 9.18 Å². The summed E-state index contributed by atoms with van der Waals surface area (Å²) in [5, 5.41) is 4.25. The molecule has 2 N–H and O–H groups in total. The van der Waals surface area contributed by atoms with E-state index in [-0.39, 0.29) is 17.9 Å². The highest BCUT2D eigenvalue weighted by Gasteiger charge is 2.14. The van der Waals surface area contributed by atoms with Crippen molar-refractivity contribution in [3.05, 3.63) is 42.2 Å². The number of amides is 3. The molecule has 22 heavy (non-hydrogen) atoms. The monoisotopic (exact) mass is 310 g/mol. The number of halogens is 1. The van der Waals surface area contributed by atoms with Crippen LogP contribution in [-0.2, 0) is 9.53 Å². The van der Waals surface area contributed by atoms with Crippen LogP contribution in [-0.4, -0.2) is 38.2 Å². The molecule has 0 fully saturated rings. The summed E-state index contributed by atoms with van der Waals surface area (Å²) >= 11 is 0. The van der Waals surface area contributed by atoms with Gasteiger partial charge in [0.05, 0.1) is 12.7 Å². The Hall–Kier alpha value is -2.90. The highest BCUT2D eigenvalue weighted by molar-refractivity contribution is 5.97. The lowest BCUT2D eigenvalue weighted by Crippen LogP contribution is -2.41. The van der Waals surface area contributed by atoms with Crippen molar-refractivity contribution in [3.63, 3.8) is 0 Å². The molecule has 0 saturated heterocycles. The van der Waals surface area contributed by atoms with Gasteiger partial charge in [-0.1, -0.05) is 6.08 Å². The summed E-state index contributed by atoms with van der Waals surface area (Å²) < 4.78 is 22.8. The Morgan fingerprint density at radius 2 is 2.09 bits per heavy atom. The SMILES string of the molecule is C=CCNC(=O)NC(=O)COC(=O)c1ccc(OC)c(F)c1. The minimum Gasteiger partial charge on any atom is -0.494 e. The summed E-state index contributed by atoms with van der Waals surface area (Å²) in [5.41, 5.74) is -0.0813. The van der Waals surface area contributed by atoms with Gasteiger partial charge in [0.2, 0.25) is 0 Å². The second-order valence-electron chi connectivity index (χ2n) is 3.97. The van der Waals surface area contributed by atoms with Crippen molar-refractivity contribution >= 4 is 17.9 Å². The van der Waals surface area contributed by atoms with Gasteiger partial charge in [-0.05, 0) is 18.2 Å². The van der Waals surface area contributed by atoms with Crippen LogP contribution in [0, 0.1) is 5.82 Å². The van der Waals surface area contributed by atoms with Crippen LogP contribution in [0.1, 0.15) is 10.4 Å². The van der Waals surface area contributed by atoms with Crippen molar-refractivity contribution < 1.29 is 28.2 Å². The Balaban J connectivity index is 2.48. The summed E-state index contributed by atoms with van der Waals surface area (Å²) in [6, 6.07) is 2.74. The lowest BCUT2D eigenvalue weighted by atomic mass is 10.2. The van der Waals surface area contributed by atoms with E-state index < -0.39 is 30.3 Å². The highest BCUT2D eigenvalue weighted by Crippen LogP contribution is 2.18. The zero-order valence-corrected chi connectivity index (χ0v) is 11.8. The average Bonchev–Trinajstić information content (AvgIpc) is 2.50. The molecule has 0 atom stereocenters. The molecule has 8 heteroatoms. The van der Waals surface area contributed by atoms with Crippen molar-refractivity contribution in [2.75, 3.05) is 20.3 Å². The number of hydrogen-bond acceptors (Lipinski definition) is 5. The molecule has 1 aromatic carbocycles. The van der Waals surface area contributed by atoms with Crippen molar-refractivity contribution in [3.8, 4) is 5.75 Å². The van der Waals surface area contributed by atoms with Gasteiger partial charge in [0.1, 0.15) is 0 Å². The van der Waals surface area contributed by atoms with E-state index in [0.717, 1.165) is 6.07 Å².